The lowest BCUT2D eigenvalue weighted by molar-refractivity contribution is -0.119. The van der Waals surface area contributed by atoms with Gasteiger partial charge in [-0.15, -0.1) is 0 Å². The lowest BCUT2D eigenvalue weighted by Crippen LogP contribution is -2.42. The summed E-state index contributed by atoms with van der Waals surface area (Å²) >= 11 is 0. The Morgan fingerprint density at radius 2 is 1.79 bits per heavy atom. The molecule has 0 radical (unpaired) electrons. The zero-order chi connectivity index (χ0) is 16.9. The van der Waals surface area contributed by atoms with E-state index < -0.39 is 18.0 Å². The third kappa shape index (κ3) is 3.74. The predicted octanol–water partition coefficient (Wildman–Crippen LogP) is 2.20. The van der Waals surface area contributed by atoms with Gasteiger partial charge >= 0.3 is 6.03 Å². The molecule has 1 aliphatic rings. The van der Waals surface area contributed by atoms with Crippen molar-refractivity contribution in [1.82, 2.24) is 10.6 Å². The van der Waals surface area contributed by atoms with Gasteiger partial charge in [-0.05, 0) is 41.5 Å². The van der Waals surface area contributed by atoms with Crippen LogP contribution >= 0.6 is 0 Å². The minimum absolute atomic E-state index is 0.414. The minimum Gasteiger partial charge on any atom is -0.368 e. The molecular formula is C19H21N3O2. The highest BCUT2D eigenvalue weighted by molar-refractivity contribution is 5.86. The fraction of sp³-hybridized carbons (Fsp3) is 0.263. The molecule has 0 spiro atoms. The van der Waals surface area contributed by atoms with Gasteiger partial charge in [0.2, 0.25) is 5.91 Å². The summed E-state index contributed by atoms with van der Waals surface area (Å²) in [6, 6.07) is 14.0. The zero-order valence-electron chi connectivity index (χ0n) is 13.4. The van der Waals surface area contributed by atoms with Gasteiger partial charge < -0.3 is 16.4 Å². The van der Waals surface area contributed by atoms with E-state index in [2.05, 4.69) is 22.8 Å². The van der Waals surface area contributed by atoms with Crippen molar-refractivity contribution in [3.05, 3.63) is 70.8 Å². The molecule has 0 fully saturated rings. The summed E-state index contributed by atoms with van der Waals surface area (Å²) in [5.74, 6) is -0.589. The average molecular weight is 323 g/mol. The second kappa shape index (κ2) is 7.17. The molecular weight excluding hydrogens is 302 g/mol. The standard InChI is InChI=1S/C19H21N3O2/c20-18(23)17(15-5-2-1-3-6-15)22-19(24)21-12-13-9-10-14-7-4-8-16(14)11-13/h1-3,5-6,9-11,17H,4,7-8,12H2,(H2,20,23)(H2,21,22,24)/t17-/m1/s1. The van der Waals surface area contributed by atoms with Crippen molar-refractivity contribution >= 4 is 11.9 Å². The van der Waals surface area contributed by atoms with Crippen LogP contribution in [0, 0.1) is 0 Å². The Kier molecular flexibility index (Phi) is 4.79. The lowest BCUT2D eigenvalue weighted by Gasteiger charge is -2.16. The van der Waals surface area contributed by atoms with Crippen molar-refractivity contribution in [3.63, 3.8) is 0 Å². The number of hydrogen-bond acceptors (Lipinski definition) is 2. The SMILES string of the molecule is NC(=O)[C@H](NC(=O)NCc1ccc2c(c1)CCC2)c1ccccc1. The van der Waals surface area contributed by atoms with E-state index in [1.807, 2.05) is 12.1 Å². The molecule has 1 aliphatic carbocycles. The number of amides is 3. The van der Waals surface area contributed by atoms with Crippen LogP contribution in [-0.2, 0) is 24.2 Å². The second-order valence-electron chi connectivity index (χ2n) is 6.03. The van der Waals surface area contributed by atoms with Crippen molar-refractivity contribution in [2.45, 2.75) is 31.8 Å². The highest BCUT2D eigenvalue weighted by Gasteiger charge is 2.19. The van der Waals surface area contributed by atoms with Gasteiger partial charge in [0.05, 0.1) is 0 Å². The molecule has 2 aromatic rings. The second-order valence-corrected chi connectivity index (χ2v) is 6.03. The molecule has 0 unspecified atom stereocenters. The van der Waals surface area contributed by atoms with Gasteiger partial charge in [-0.2, -0.15) is 0 Å². The van der Waals surface area contributed by atoms with Crippen molar-refractivity contribution < 1.29 is 9.59 Å². The Hall–Kier alpha value is -2.82. The monoisotopic (exact) mass is 323 g/mol. The Morgan fingerprint density at radius 3 is 2.54 bits per heavy atom. The number of carbonyl (C=O) groups is 2. The van der Waals surface area contributed by atoms with Crippen LogP contribution in [0.25, 0.3) is 0 Å². The van der Waals surface area contributed by atoms with Gasteiger partial charge in [-0.3, -0.25) is 4.79 Å². The van der Waals surface area contributed by atoms with Crippen LogP contribution in [0.3, 0.4) is 0 Å². The molecule has 1 atom stereocenters. The highest BCUT2D eigenvalue weighted by atomic mass is 16.2. The molecule has 0 aliphatic heterocycles. The topological polar surface area (TPSA) is 84.2 Å². The van der Waals surface area contributed by atoms with E-state index in [0.29, 0.717) is 12.1 Å². The molecule has 0 saturated carbocycles. The van der Waals surface area contributed by atoms with Crippen LogP contribution in [0.4, 0.5) is 4.79 Å². The van der Waals surface area contributed by atoms with Gasteiger partial charge in [0.1, 0.15) is 6.04 Å². The summed E-state index contributed by atoms with van der Waals surface area (Å²) in [7, 11) is 0. The molecule has 3 amide bonds. The Balaban J connectivity index is 1.59. The average Bonchev–Trinajstić information content (AvgIpc) is 3.06. The summed E-state index contributed by atoms with van der Waals surface area (Å²) in [5.41, 5.74) is 9.90. The van der Waals surface area contributed by atoms with Gasteiger partial charge in [-0.1, -0.05) is 48.5 Å². The van der Waals surface area contributed by atoms with E-state index in [1.54, 1.807) is 24.3 Å². The third-order valence-corrected chi connectivity index (χ3v) is 4.31. The highest BCUT2D eigenvalue weighted by Crippen LogP contribution is 2.22. The smallest absolute Gasteiger partial charge is 0.315 e. The molecule has 5 nitrogen and oxygen atoms in total. The van der Waals surface area contributed by atoms with E-state index in [9.17, 15) is 9.59 Å². The van der Waals surface area contributed by atoms with Crippen LogP contribution in [0.1, 0.15) is 34.7 Å². The van der Waals surface area contributed by atoms with E-state index in [1.165, 1.54) is 17.5 Å². The number of benzene rings is 2. The number of aryl methyl sites for hydroxylation is 2. The Labute approximate surface area is 141 Å². The van der Waals surface area contributed by atoms with Crippen LogP contribution in [0.15, 0.2) is 48.5 Å². The maximum Gasteiger partial charge on any atom is 0.315 e. The summed E-state index contributed by atoms with van der Waals surface area (Å²) in [4.78, 5) is 23.7. The number of fused-ring (bicyclic) bond motifs is 1. The van der Waals surface area contributed by atoms with E-state index >= 15 is 0 Å². The number of rotatable bonds is 5. The third-order valence-electron chi connectivity index (χ3n) is 4.31. The Morgan fingerprint density at radius 1 is 1.04 bits per heavy atom. The quantitative estimate of drug-likeness (QED) is 0.788. The van der Waals surface area contributed by atoms with Gasteiger partial charge in [0.25, 0.3) is 0 Å². The minimum atomic E-state index is -0.841. The van der Waals surface area contributed by atoms with E-state index in [4.69, 9.17) is 5.73 Å². The van der Waals surface area contributed by atoms with Gasteiger partial charge in [-0.25, -0.2) is 4.79 Å². The van der Waals surface area contributed by atoms with Crippen molar-refractivity contribution in [2.24, 2.45) is 5.73 Å². The van der Waals surface area contributed by atoms with Crippen LogP contribution in [0.2, 0.25) is 0 Å². The fourth-order valence-corrected chi connectivity index (χ4v) is 3.06. The van der Waals surface area contributed by atoms with E-state index in [0.717, 1.165) is 18.4 Å². The maximum atomic E-state index is 12.1. The fourth-order valence-electron chi connectivity index (χ4n) is 3.06. The molecule has 24 heavy (non-hydrogen) atoms. The molecule has 0 saturated heterocycles. The molecule has 2 aromatic carbocycles. The normalized spacial score (nSPS) is 13.8. The maximum absolute atomic E-state index is 12.1. The molecule has 4 N–H and O–H groups in total. The van der Waals surface area contributed by atoms with Crippen molar-refractivity contribution in [1.29, 1.82) is 0 Å². The number of hydrogen-bond donors (Lipinski definition) is 3. The molecule has 5 heteroatoms. The summed E-state index contributed by atoms with van der Waals surface area (Å²) in [6.07, 6.45) is 3.44. The van der Waals surface area contributed by atoms with Gasteiger partial charge in [0, 0.05) is 6.54 Å². The number of nitrogens with two attached hydrogens (primary N) is 1. The first kappa shape index (κ1) is 16.1. The van der Waals surface area contributed by atoms with Gasteiger partial charge in [0.15, 0.2) is 0 Å². The predicted molar refractivity (Wildman–Crippen MR) is 92.2 cm³/mol. The zero-order valence-corrected chi connectivity index (χ0v) is 13.4. The van der Waals surface area contributed by atoms with Crippen LogP contribution in [-0.4, -0.2) is 11.9 Å². The molecule has 3 rings (SSSR count). The lowest BCUT2D eigenvalue weighted by atomic mass is 10.1. The largest absolute Gasteiger partial charge is 0.368 e. The molecule has 124 valence electrons. The van der Waals surface area contributed by atoms with Crippen LogP contribution < -0.4 is 16.4 Å². The molecule has 0 bridgehead atoms. The van der Waals surface area contributed by atoms with Crippen LogP contribution in [0.5, 0.6) is 0 Å². The summed E-state index contributed by atoms with van der Waals surface area (Å²) in [5, 5.41) is 5.42. The summed E-state index contributed by atoms with van der Waals surface area (Å²) in [6.45, 7) is 0.416. The number of primary amides is 1. The first-order chi connectivity index (χ1) is 11.6. The van der Waals surface area contributed by atoms with Crippen molar-refractivity contribution in [3.8, 4) is 0 Å². The number of urea groups is 1. The summed E-state index contributed by atoms with van der Waals surface area (Å²) < 4.78 is 0. The van der Waals surface area contributed by atoms with Crippen molar-refractivity contribution in [2.75, 3.05) is 0 Å². The van der Waals surface area contributed by atoms with E-state index in [-0.39, 0.29) is 0 Å². The molecule has 0 aromatic heterocycles. The number of carbonyl (C=O) groups excluding carboxylic acids is 2. The number of nitrogens with one attached hydrogen (secondary N) is 2. The first-order valence-electron chi connectivity index (χ1n) is 8.13. The first-order valence-corrected chi connectivity index (χ1v) is 8.13. The molecule has 0 heterocycles. The Bertz CT molecular complexity index is 744.